The molecule has 0 fully saturated rings. The number of tetrazole rings is 1. The minimum Gasteiger partial charge on any atom is -0.398 e. The fourth-order valence-corrected chi connectivity index (χ4v) is 2.36. The van der Waals surface area contributed by atoms with E-state index in [-0.39, 0.29) is 0 Å². The number of benzene rings is 2. The van der Waals surface area contributed by atoms with Crippen molar-refractivity contribution < 1.29 is 0 Å². The van der Waals surface area contributed by atoms with Crippen molar-refractivity contribution in [3.63, 3.8) is 0 Å². The first-order chi connectivity index (χ1) is 10.1. The molecule has 3 aromatic rings. The first kappa shape index (κ1) is 13.6. The molecular weight excluding hydrogens is 286 g/mol. The predicted molar refractivity (Wildman–Crippen MR) is 83.5 cm³/mol. The van der Waals surface area contributed by atoms with Crippen LogP contribution in [-0.4, -0.2) is 20.2 Å². The van der Waals surface area contributed by atoms with E-state index in [9.17, 15) is 0 Å². The lowest BCUT2D eigenvalue weighted by Crippen LogP contribution is -2.03. The van der Waals surface area contributed by atoms with Gasteiger partial charge in [0.15, 0.2) is 5.82 Å². The molecule has 0 atom stereocenters. The molecule has 0 amide bonds. The molecule has 0 saturated heterocycles. The van der Waals surface area contributed by atoms with Crippen LogP contribution in [0.4, 0.5) is 5.69 Å². The van der Waals surface area contributed by atoms with Crippen molar-refractivity contribution in [1.29, 1.82) is 0 Å². The van der Waals surface area contributed by atoms with E-state index in [0.29, 0.717) is 16.5 Å². The van der Waals surface area contributed by atoms with Gasteiger partial charge in [-0.3, -0.25) is 0 Å². The normalized spacial score (nSPS) is 10.8. The number of rotatable bonds is 2. The van der Waals surface area contributed by atoms with Crippen molar-refractivity contribution >= 4 is 17.3 Å². The Morgan fingerprint density at radius 1 is 1.05 bits per heavy atom. The zero-order valence-electron chi connectivity index (χ0n) is 11.7. The SMILES string of the molecule is Cc1ccc(N)c(-c2nnnn2-c2cc(C)ccc2Cl)c1. The Kier molecular flexibility index (Phi) is 3.35. The molecule has 2 N–H and O–H groups in total. The largest absolute Gasteiger partial charge is 0.398 e. The van der Waals surface area contributed by atoms with Gasteiger partial charge in [-0.05, 0) is 54.1 Å². The van der Waals surface area contributed by atoms with Gasteiger partial charge in [0.2, 0.25) is 0 Å². The van der Waals surface area contributed by atoms with Crippen LogP contribution in [0.5, 0.6) is 0 Å². The number of anilines is 1. The zero-order chi connectivity index (χ0) is 15.0. The van der Waals surface area contributed by atoms with E-state index >= 15 is 0 Å². The van der Waals surface area contributed by atoms with Crippen molar-refractivity contribution in [1.82, 2.24) is 20.2 Å². The molecule has 21 heavy (non-hydrogen) atoms. The van der Waals surface area contributed by atoms with Gasteiger partial charge in [-0.25, -0.2) is 0 Å². The number of nitrogen functional groups attached to an aromatic ring is 1. The Hall–Kier alpha value is -2.40. The fraction of sp³-hybridized carbons (Fsp3) is 0.133. The monoisotopic (exact) mass is 299 g/mol. The number of hydrogen-bond donors (Lipinski definition) is 1. The molecular formula is C15H14ClN5. The molecule has 1 aromatic heterocycles. The maximum Gasteiger partial charge on any atom is 0.189 e. The van der Waals surface area contributed by atoms with Gasteiger partial charge in [-0.2, -0.15) is 4.68 Å². The number of aryl methyl sites for hydroxylation is 2. The summed E-state index contributed by atoms with van der Waals surface area (Å²) >= 11 is 6.27. The summed E-state index contributed by atoms with van der Waals surface area (Å²) in [6, 6.07) is 11.5. The molecule has 0 saturated carbocycles. The van der Waals surface area contributed by atoms with Gasteiger partial charge in [0.1, 0.15) is 0 Å². The summed E-state index contributed by atoms with van der Waals surface area (Å²) in [7, 11) is 0. The molecule has 0 bridgehead atoms. The molecule has 3 rings (SSSR count). The average molecular weight is 300 g/mol. The summed E-state index contributed by atoms with van der Waals surface area (Å²) in [5.41, 5.74) is 10.4. The second-order valence-electron chi connectivity index (χ2n) is 4.96. The van der Waals surface area contributed by atoms with Gasteiger partial charge < -0.3 is 5.73 Å². The van der Waals surface area contributed by atoms with Crippen LogP contribution in [-0.2, 0) is 0 Å². The van der Waals surface area contributed by atoms with Crippen LogP contribution >= 0.6 is 11.6 Å². The highest BCUT2D eigenvalue weighted by atomic mass is 35.5. The highest BCUT2D eigenvalue weighted by Crippen LogP contribution is 2.29. The van der Waals surface area contributed by atoms with Gasteiger partial charge in [0.05, 0.1) is 10.7 Å². The van der Waals surface area contributed by atoms with Crippen molar-refractivity contribution in [3.05, 3.63) is 52.5 Å². The van der Waals surface area contributed by atoms with Crippen LogP contribution < -0.4 is 5.73 Å². The second-order valence-corrected chi connectivity index (χ2v) is 5.37. The molecule has 0 radical (unpaired) electrons. The molecule has 6 heteroatoms. The minimum atomic E-state index is 0.573. The van der Waals surface area contributed by atoms with Gasteiger partial charge in [0.25, 0.3) is 0 Å². The topological polar surface area (TPSA) is 69.6 Å². The predicted octanol–water partition coefficient (Wildman–Crippen LogP) is 3.18. The number of nitrogens with zero attached hydrogens (tertiary/aromatic N) is 4. The molecule has 1 heterocycles. The third kappa shape index (κ3) is 2.48. The van der Waals surface area contributed by atoms with E-state index in [1.807, 2.05) is 50.2 Å². The van der Waals surface area contributed by atoms with Gasteiger partial charge in [-0.15, -0.1) is 5.10 Å². The van der Waals surface area contributed by atoms with Crippen LogP contribution in [0.25, 0.3) is 17.1 Å². The van der Waals surface area contributed by atoms with E-state index < -0.39 is 0 Å². The van der Waals surface area contributed by atoms with Crippen molar-refractivity contribution in [2.75, 3.05) is 5.73 Å². The number of nitrogens with two attached hydrogens (primary N) is 1. The Morgan fingerprint density at radius 2 is 1.76 bits per heavy atom. The third-order valence-corrected chi connectivity index (χ3v) is 3.57. The molecule has 5 nitrogen and oxygen atoms in total. The van der Waals surface area contributed by atoms with Gasteiger partial charge in [0, 0.05) is 11.3 Å². The number of hydrogen-bond acceptors (Lipinski definition) is 4. The average Bonchev–Trinajstić information content (AvgIpc) is 2.93. The highest BCUT2D eigenvalue weighted by molar-refractivity contribution is 6.32. The molecule has 0 aliphatic carbocycles. The van der Waals surface area contributed by atoms with Crippen LogP contribution in [0.3, 0.4) is 0 Å². The summed E-state index contributed by atoms with van der Waals surface area (Å²) < 4.78 is 1.61. The Morgan fingerprint density at radius 3 is 2.57 bits per heavy atom. The molecule has 0 spiro atoms. The quantitative estimate of drug-likeness (QED) is 0.738. The van der Waals surface area contributed by atoms with E-state index in [0.717, 1.165) is 22.4 Å². The zero-order valence-corrected chi connectivity index (χ0v) is 12.5. The van der Waals surface area contributed by atoms with Crippen LogP contribution in [0, 0.1) is 13.8 Å². The molecule has 0 aliphatic rings. The Balaban J connectivity index is 2.22. The van der Waals surface area contributed by atoms with Crippen LogP contribution in [0.2, 0.25) is 5.02 Å². The van der Waals surface area contributed by atoms with Gasteiger partial charge >= 0.3 is 0 Å². The van der Waals surface area contributed by atoms with E-state index in [4.69, 9.17) is 17.3 Å². The molecule has 0 aliphatic heterocycles. The maximum absolute atomic E-state index is 6.27. The summed E-state index contributed by atoms with van der Waals surface area (Å²) in [6.07, 6.45) is 0. The standard InChI is InChI=1S/C15H14ClN5/c1-9-4-6-13(17)11(7-9)15-18-19-20-21(15)14-8-10(2)3-5-12(14)16/h3-8H,17H2,1-2H3. The minimum absolute atomic E-state index is 0.573. The number of aromatic nitrogens is 4. The highest BCUT2D eigenvalue weighted by Gasteiger charge is 2.15. The van der Waals surface area contributed by atoms with E-state index in [1.54, 1.807) is 4.68 Å². The summed E-state index contributed by atoms with van der Waals surface area (Å²) in [5, 5.41) is 12.5. The first-order valence-corrected chi connectivity index (χ1v) is 6.85. The maximum atomic E-state index is 6.27. The van der Waals surface area contributed by atoms with Gasteiger partial charge in [-0.1, -0.05) is 29.3 Å². The molecule has 0 unspecified atom stereocenters. The van der Waals surface area contributed by atoms with Crippen molar-refractivity contribution in [2.24, 2.45) is 0 Å². The van der Waals surface area contributed by atoms with E-state index in [2.05, 4.69) is 15.5 Å². The Bertz CT molecular complexity index is 744. The molecule has 106 valence electrons. The lowest BCUT2D eigenvalue weighted by Gasteiger charge is -2.09. The summed E-state index contributed by atoms with van der Waals surface area (Å²) in [4.78, 5) is 0. The third-order valence-electron chi connectivity index (χ3n) is 3.25. The fourth-order valence-electron chi connectivity index (χ4n) is 2.17. The Labute approximate surface area is 127 Å². The second kappa shape index (κ2) is 5.18. The summed E-state index contributed by atoms with van der Waals surface area (Å²) in [5.74, 6) is 0.573. The van der Waals surface area contributed by atoms with Crippen LogP contribution in [0.1, 0.15) is 11.1 Å². The van der Waals surface area contributed by atoms with Crippen molar-refractivity contribution in [2.45, 2.75) is 13.8 Å². The lowest BCUT2D eigenvalue weighted by molar-refractivity contribution is 0.791. The first-order valence-electron chi connectivity index (χ1n) is 6.47. The molecule has 2 aromatic carbocycles. The number of halogens is 1. The smallest absolute Gasteiger partial charge is 0.189 e. The van der Waals surface area contributed by atoms with E-state index in [1.165, 1.54) is 0 Å². The van der Waals surface area contributed by atoms with Crippen LogP contribution in [0.15, 0.2) is 36.4 Å². The lowest BCUT2D eigenvalue weighted by atomic mass is 10.1. The van der Waals surface area contributed by atoms with Crippen molar-refractivity contribution in [3.8, 4) is 17.1 Å². The summed E-state index contributed by atoms with van der Waals surface area (Å²) in [6.45, 7) is 3.99.